The molecule has 2 aromatic heterocycles. The first-order valence-corrected chi connectivity index (χ1v) is 9.31. The first kappa shape index (κ1) is 18.1. The highest BCUT2D eigenvalue weighted by atomic mass is 79.9. The summed E-state index contributed by atoms with van der Waals surface area (Å²) in [4.78, 5) is 33.3. The lowest BCUT2D eigenvalue weighted by molar-refractivity contribution is 0.102. The van der Waals surface area contributed by atoms with Crippen molar-refractivity contribution >= 4 is 38.6 Å². The summed E-state index contributed by atoms with van der Waals surface area (Å²) in [7, 11) is 1.60. The zero-order valence-electron chi connectivity index (χ0n) is 14.9. The number of fused-ring (bicyclic) bond motifs is 1. The van der Waals surface area contributed by atoms with Crippen LogP contribution in [0.25, 0.3) is 22.2 Å². The maximum Gasteiger partial charge on any atom is 0.349 e. The molecule has 0 aliphatic rings. The summed E-state index contributed by atoms with van der Waals surface area (Å²) in [6.07, 6.45) is 1.56. The Labute approximate surface area is 169 Å². The van der Waals surface area contributed by atoms with Gasteiger partial charge >= 0.3 is 5.69 Å². The van der Waals surface area contributed by atoms with Gasteiger partial charge in [-0.3, -0.25) is 4.79 Å². The second-order valence-electron chi connectivity index (χ2n) is 6.24. The Bertz CT molecular complexity index is 1250. The van der Waals surface area contributed by atoms with Crippen LogP contribution in [0.4, 0.5) is 5.82 Å². The zero-order valence-corrected chi connectivity index (χ0v) is 16.5. The van der Waals surface area contributed by atoms with Crippen molar-refractivity contribution in [2.45, 2.75) is 0 Å². The molecule has 0 fully saturated rings. The van der Waals surface area contributed by atoms with E-state index in [2.05, 4.69) is 26.2 Å². The average molecular weight is 435 g/mol. The van der Waals surface area contributed by atoms with E-state index in [0.717, 1.165) is 10.0 Å². The minimum Gasteiger partial charge on any atom is -0.306 e. The van der Waals surface area contributed by atoms with Crippen LogP contribution >= 0.6 is 15.9 Å². The Kier molecular flexibility index (Phi) is 4.75. The number of anilines is 1. The highest BCUT2D eigenvalue weighted by Crippen LogP contribution is 2.27. The summed E-state index contributed by atoms with van der Waals surface area (Å²) < 4.78 is 2.21. The Morgan fingerprint density at radius 1 is 1.04 bits per heavy atom. The normalized spacial score (nSPS) is 10.8. The number of nitrogens with zero attached hydrogens (tertiary/aromatic N) is 3. The van der Waals surface area contributed by atoms with E-state index < -0.39 is 5.69 Å². The van der Waals surface area contributed by atoms with Crippen molar-refractivity contribution in [1.29, 1.82) is 0 Å². The molecule has 0 bridgehead atoms. The van der Waals surface area contributed by atoms with Crippen molar-refractivity contribution in [2.24, 2.45) is 7.05 Å². The Morgan fingerprint density at radius 3 is 2.57 bits per heavy atom. The molecule has 2 heterocycles. The molecule has 7 heteroatoms. The van der Waals surface area contributed by atoms with Gasteiger partial charge in [-0.25, -0.2) is 9.78 Å². The summed E-state index contributed by atoms with van der Waals surface area (Å²) in [5.41, 5.74) is 2.31. The van der Waals surface area contributed by atoms with E-state index in [-0.39, 0.29) is 11.7 Å². The highest BCUT2D eigenvalue weighted by molar-refractivity contribution is 9.10. The van der Waals surface area contributed by atoms with Crippen molar-refractivity contribution < 1.29 is 4.79 Å². The fraction of sp³-hybridized carbons (Fsp3) is 0.0476. The van der Waals surface area contributed by atoms with Gasteiger partial charge in [0.05, 0.1) is 16.8 Å². The summed E-state index contributed by atoms with van der Waals surface area (Å²) in [6.45, 7) is 0. The Hall–Kier alpha value is -3.32. The molecule has 0 radical (unpaired) electrons. The molecule has 6 nitrogen and oxygen atoms in total. The minimum atomic E-state index is -0.439. The number of amides is 1. The summed E-state index contributed by atoms with van der Waals surface area (Å²) in [5, 5.41) is 3.42. The highest BCUT2D eigenvalue weighted by Gasteiger charge is 2.15. The van der Waals surface area contributed by atoms with Gasteiger partial charge in [-0.2, -0.15) is 4.98 Å². The number of aromatic nitrogens is 3. The summed E-state index contributed by atoms with van der Waals surface area (Å²) in [6, 6.07) is 18.6. The topological polar surface area (TPSA) is 76.9 Å². The number of carbonyl (C=O) groups is 1. The molecule has 0 spiro atoms. The molecular weight excluding hydrogens is 420 g/mol. The fourth-order valence-electron chi connectivity index (χ4n) is 2.86. The van der Waals surface area contributed by atoms with Crippen LogP contribution in [-0.4, -0.2) is 20.4 Å². The van der Waals surface area contributed by atoms with E-state index in [1.165, 1.54) is 4.57 Å². The number of benzene rings is 2. The van der Waals surface area contributed by atoms with Gasteiger partial charge in [-0.15, -0.1) is 0 Å². The first-order valence-electron chi connectivity index (χ1n) is 8.52. The van der Waals surface area contributed by atoms with E-state index in [1.807, 2.05) is 48.5 Å². The van der Waals surface area contributed by atoms with E-state index in [4.69, 9.17) is 4.98 Å². The van der Waals surface area contributed by atoms with Crippen LogP contribution < -0.4 is 11.0 Å². The van der Waals surface area contributed by atoms with Crippen LogP contribution in [0, 0.1) is 0 Å². The van der Waals surface area contributed by atoms with Crippen molar-refractivity contribution in [2.75, 3.05) is 5.32 Å². The minimum absolute atomic E-state index is 0.205. The molecule has 0 aliphatic carbocycles. The van der Waals surface area contributed by atoms with Gasteiger partial charge in [0.1, 0.15) is 5.82 Å². The predicted molar refractivity (Wildman–Crippen MR) is 112 cm³/mol. The fourth-order valence-corrected chi connectivity index (χ4v) is 3.21. The van der Waals surface area contributed by atoms with Gasteiger partial charge < -0.3 is 9.88 Å². The van der Waals surface area contributed by atoms with Crippen LogP contribution in [-0.2, 0) is 7.05 Å². The summed E-state index contributed by atoms with van der Waals surface area (Å²) in [5.74, 6) is -0.149. The van der Waals surface area contributed by atoms with E-state index in [1.54, 1.807) is 25.4 Å². The number of carbonyl (C=O) groups excluding carboxylic acids is 1. The van der Waals surface area contributed by atoms with Gasteiger partial charge in [0.2, 0.25) is 0 Å². The second kappa shape index (κ2) is 7.36. The van der Waals surface area contributed by atoms with Crippen LogP contribution in [0.5, 0.6) is 0 Å². The summed E-state index contributed by atoms with van der Waals surface area (Å²) >= 11 is 3.46. The number of aryl methyl sites for hydroxylation is 1. The lowest BCUT2D eigenvalue weighted by Crippen LogP contribution is -2.22. The molecule has 138 valence electrons. The van der Waals surface area contributed by atoms with Crippen LogP contribution in [0.15, 0.2) is 76.1 Å². The second-order valence-corrected chi connectivity index (χ2v) is 7.16. The van der Waals surface area contributed by atoms with Gasteiger partial charge in [-0.05, 0) is 24.3 Å². The predicted octanol–water partition coefficient (Wildman–Crippen LogP) is 4.01. The third kappa shape index (κ3) is 3.57. The van der Waals surface area contributed by atoms with Gasteiger partial charge in [-0.1, -0.05) is 52.3 Å². The van der Waals surface area contributed by atoms with Crippen LogP contribution in [0.1, 0.15) is 10.4 Å². The SMILES string of the molecule is Cn1ccc(NC(=O)c2cc(-c3ccccc3)nc3cc(Br)ccc23)nc1=O. The van der Waals surface area contributed by atoms with Crippen molar-refractivity contribution in [3.63, 3.8) is 0 Å². The molecular formula is C21H15BrN4O2. The number of hydrogen-bond donors (Lipinski definition) is 1. The molecule has 0 saturated heterocycles. The molecule has 0 atom stereocenters. The first-order chi connectivity index (χ1) is 13.5. The van der Waals surface area contributed by atoms with Crippen LogP contribution in [0.3, 0.4) is 0 Å². The molecule has 0 saturated carbocycles. The lowest BCUT2D eigenvalue weighted by Gasteiger charge is -2.11. The molecule has 28 heavy (non-hydrogen) atoms. The molecule has 4 rings (SSSR count). The molecule has 0 aliphatic heterocycles. The Morgan fingerprint density at radius 2 is 1.82 bits per heavy atom. The smallest absolute Gasteiger partial charge is 0.306 e. The average Bonchev–Trinajstić information content (AvgIpc) is 2.70. The van der Waals surface area contributed by atoms with Crippen molar-refractivity contribution in [3.05, 3.63) is 87.4 Å². The van der Waals surface area contributed by atoms with Gasteiger partial charge in [0.25, 0.3) is 5.91 Å². The molecule has 2 aromatic carbocycles. The number of rotatable bonds is 3. The third-order valence-corrected chi connectivity index (χ3v) is 4.79. The van der Waals surface area contributed by atoms with Gasteiger partial charge in [0, 0.05) is 28.7 Å². The Balaban J connectivity index is 1.83. The number of hydrogen-bond acceptors (Lipinski definition) is 4. The number of pyridine rings is 1. The number of halogens is 1. The van der Waals surface area contributed by atoms with Gasteiger partial charge in [0.15, 0.2) is 0 Å². The molecule has 1 amide bonds. The lowest BCUT2D eigenvalue weighted by atomic mass is 10.0. The maximum absolute atomic E-state index is 13.0. The molecule has 1 N–H and O–H groups in total. The quantitative estimate of drug-likeness (QED) is 0.528. The van der Waals surface area contributed by atoms with E-state index in [0.29, 0.717) is 22.2 Å². The largest absolute Gasteiger partial charge is 0.349 e. The van der Waals surface area contributed by atoms with Crippen molar-refractivity contribution in [1.82, 2.24) is 14.5 Å². The van der Waals surface area contributed by atoms with Crippen molar-refractivity contribution in [3.8, 4) is 11.3 Å². The zero-order chi connectivity index (χ0) is 19.7. The van der Waals surface area contributed by atoms with Crippen LogP contribution in [0.2, 0.25) is 0 Å². The van der Waals surface area contributed by atoms with E-state index in [9.17, 15) is 9.59 Å². The molecule has 0 unspecified atom stereocenters. The third-order valence-electron chi connectivity index (χ3n) is 4.30. The standard InChI is InChI=1S/C21H15BrN4O2/c1-26-10-9-19(25-21(26)28)24-20(27)16-12-17(13-5-3-2-4-6-13)23-18-11-14(22)7-8-15(16)18/h2-12H,1H3,(H,24,25,27,28). The number of nitrogens with one attached hydrogen (secondary N) is 1. The maximum atomic E-state index is 13.0. The molecule has 4 aromatic rings. The monoisotopic (exact) mass is 434 g/mol. The van der Waals surface area contributed by atoms with E-state index >= 15 is 0 Å².